The minimum atomic E-state index is -1.19. The number of ether oxygens (including phenoxy) is 2. The van der Waals surface area contributed by atoms with Crippen LogP contribution >= 0.6 is 0 Å². The number of likely N-dealkylation sites (tertiary alicyclic amines) is 1. The molecule has 312 valence electrons. The standard InChI is InChI=1S/C41H70N6O8/c1-13-26(6)36(46(10)35(25(4)5)41(53)45-40(52)33(42-9)24(2)3)31(54-11)22-32(49)47-21-17-20-30(47)37(55-12)27(7)38(50)44-34(28(8)48)39(51)43-23-29-18-15-14-16-19-29/h14-16,18-19,24-28,30-31,33-37,42,48H,13,17,20-23H2,1-12H3,(H,43,51)(H,44,50)(H,45,52,53)/t26-,27+,28+,30-,31+,33-,34-,35-,36-,37+/m0/s1. The predicted octanol–water partition coefficient (Wildman–Crippen LogP) is 2.47. The maximum atomic E-state index is 14.2. The second-order valence-corrected chi connectivity index (χ2v) is 15.8. The van der Waals surface area contributed by atoms with E-state index < -0.39 is 66.1 Å². The van der Waals surface area contributed by atoms with E-state index in [0.29, 0.717) is 19.4 Å². The lowest BCUT2D eigenvalue weighted by atomic mass is 9.87. The van der Waals surface area contributed by atoms with Crippen LogP contribution in [0.2, 0.25) is 0 Å². The SMILES string of the molecule is CC[C@H](C)[C@@H]([C@@H](CC(=O)N1CCC[C@H]1[C@H](OC)[C@@H](C)C(=O)N[C@H](C(=O)NCc1ccccc1)[C@@H](C)O)OC)N(C)[C@H](C(=O)NC(=O)[C@@H](NC)C(C)C)C(C)C. The van der Waals surface area contributed by atoms with Gasteiger partial charge in [-0.15, -0.1) is 0 Å². The molecule has 0 bridgehead atoms. The Hall–Kier alpha value is -3.43. The lowest BCUT2D eigenvalue weighted by Crippen LogP contribution is -2.60. The Labute approximate surface area is 329 Å². The van der Waals surface area contributed by atoms with Crippen molar-refractivity contribution in [1.82, 2.24) is 31.1 Å². The molecule has 0 radical (unpaired) electrons. The average Bonchev–Trinajstić information content (AvgIpc) is 3.62. The van der Waals surface area contributed by atoms with Gasteiger partial charge in [0.05, 0.1) is 48.8 Å². The number of hydrogen-bond donors (Lipinski definition) is 5. The van der Waals surface area contributed by atoms with E-state index in [1.165, 1.54) is 14.0 Å². The van der Waals surface area contributed by atoms with Crippen LogP contribution in [0.25, 0.3) is 0 Å². The Bertz CT molecular complexity index is 1380. The number of amides is 5. The van der Waals surface area contributed by atoms with E-state index in [0.717, 1.165) is 12.0 Å². The first-order valence-electron chi connectivity index (χ1n) is 19.8. The van der Waals surface area contributed by atoms with Crippen LogP contribution in [0.15, 0.2) is 30.3 Å². The zero-order valence-corrected chi connectivity index (χ0v) is 35.3. The largest absolute Gasteiger partial charge is 0.391 e. The summed E-state index contributed by atoms with van der Waals surface area (Å²) in [6.07, 6.45) is -0.348. The second-order valence-electron chi connectivity index (χ2n) is 15.8. The molecule has 0 aliphatic carbocycles. The molecule has 1 saturated heterocycles. The number of carbonyl (C=O) groups excluding carboxylic acids is 5. The second kappa shape index (κ2) is 23.0. The van der Waals surface area contributed by atoms with E-state index in [9.17, 15) is 29.1 Å². The van der Waals surface area contributed by atoms with Gasteiger partial charge in [0.15, 0.2) is 0 Å². The Morgan fingerprint density at radius 1 is 0.891 bits per heavy atom. The summed E-state index contributed by atoms with van der Waals surface area (Å²) in [6, 6.07) is 6.16. The third-order valence-corrected chi connectivity index (χ3v) is 11.2. The third-order valence-electron chi connectivity index (χ3n) is 11.2. The van der Waals surface area contributed by atoms with Gasteiger partial charge in [-0.3, -0.25) is 34.2 Å². The first kappa shape index (κ1) is 47.7. The molecule has 2 rings (SSSR count). The lowest BCUT2D eigenvalue weighted by Gasteiger charge is -2.43. The minimum absolute atomic E-state index is 0.0183. The summed E-state index contributed by atoms with van der Waals surface area (Å²) in [5.41, 5.74) is 0.879. The number of imide groups is 1. The lowest BCUT2D eigenvalue weighted by molar-refractivity contribution is -0.144. The number of hydrogen-bond acceptors (Lipinski definition) is 10. The van der Waals surface area contributed by atoms with Gasteiger partial charge >= 0.3 is 0 Å². The van der Waals surface area contributed by atoms with E-state index in [2.05, 4.69) is 35.1 Å². The van der Waals surface area contributed by atoms with Crippen molar-refractivity contribution >= 4 is 29.5 Å². The number of methoxy groups -OCH3 is 2. The molecule has 10 atom stereocenters. The van der Waals surface area contributed by atoms with Crippen molar-refractivity contribution in [3.63, 3.8) is 0 Å². The number of nitrogens with one attached hydrogen (secondary N) is 4. The highest BCUT2D eigenvalue weighted by atomic mass is 16.5. The Morgan fingerprint density at radius 3 is 2.04 bits per heavy atom. The minimum Gasteiger partial charge on any atom is -0.391 e. The predicted molar refractivity (Wildman–Crippen MR) is 212 cm³/mol. The number of rotatable bonds is 22. The Balaban J connectivity index is 2.25. The fraction of sp³-hybridized carbons (Fsp3) is 0.732. The van der Waals surface area contributed by atoms with Crippen LogP contribution in [0.3, 0.4) is 0 Å². The molecule has 1 fully saturated rings. The van der Waals surface area contributed by atoms with Gasteiger partial charge in [0.1, 0.15) is 6.04 Å². The topological polar surface area (TPSA) is 179 Å². The molecule has 1 aromatic rings. The van der Waals surface area contributed by atoms with Crippen LogP contribution in [0.4, 0.5) is 0 Å². The van der Waals surface area contributed by atoms with Crippen molar-refractivity contribution in [3.05, 3.63) is 35.9 Å². The molecule has 0 spiro atoms. The first-order valence-corrected chi connectivity index (χ1v) is 19.8. The summed E-state index contributed by atoms with van der Waals surface area (Å²) >= 11 is 0. The quantitative estimate of drug-likeness (QED) is 0.118. The molecule has 1 heterocycles. The molecule has 5 N–H and O–H groups in total. The zero-order valence-electron chi connectivity index (χ0n) is 35.3. The third kappa shape index (κ3) is 13.1. The number of aliphatic hydroxyl groups excluding tert-OH is 1. The smallest absolute Gasteiger partial charge is 0.245 e. The van der Waals surface area contributed by atoms with Crippen LogP contribution < -0.4 is 21.3 Å². The van der Waals surface area contributed by atoms with Crippen molar-refractivity contribution in [2.24, 2.45) is 23.7 Å². The summed E-state index contributed by atoms with van der Waals surface area (Å²) in [4.78, 5) is 71.4. The van der Waals surface area contributed by atoms with Crippen molar-refractivity contribution < 1.29 is 38.6 Å². The van der Waals surface area contributed by atoms with Gasteiger partial charge in [-0.2, -0.15) is 0 Å². The molecule has 1 aliphatic rings. The number of likely N-dealkylation sites (N-methyl/N-ethyl adjacent to an activating group) is 2. The molecule has 1 aliphatic heterocycles. The van der Waals surface area contributed by atoms with E-state index in [1.807, 2.05) is 70.0 Å². The van der Waals surface area contributed by atoms with E-state index in [-0.39, 0.29) is 48.6 Å². The number of aliphatic hydroxyl groups is 1. The van der Waals surface area contributed by atoms with Crippen molar-refractivity contribution in [2.45, 2.75) is 136 Å². The van der Waals surface area contributed by atoms with Crippen molar-refractivity contribution in [1.29, 1.82) is 0 Å². The van der Waals surface area contributed by atoms with Gasteiger partial charge in [-0.1, -0.05) is 85.2 Å². The summed E-state index contributed by atoms with van der Waals surface area (Å²) < 4.78 is 12.0. The highest BCUT2D eigenvalue weighted by Gasteiger charge is 2.44. The molecule has 0 saturated carbocycles. The summed E-state index contributed by atoms with van der Waals surface area (Å²) in [5.74, 6) is -2.88. The maximum absolute atomic E-state index is 14.2. The molecular weight excluding hydrogens is 704 g/mol. The fourth-order valence-corrected chi connectivity index (χ4v) is 7.96. The normalized spacial score (nSPS) is 19.6. The van der Waals surface area contributed by atoms with Gasteiger partial charge in [0, 0.05) is 33.4 Å². The van der Waals surface area contributed by atoms with Crippen LogP contribution in [0.5, 0.6) is 0 Å². The van der Waals surface area contributed by atoms with E-state index >= 15 is 0 Å². The first-order chi connectivity index (χ1) is 25.9. The van der Waals surface area contributed by atoms with Gasteiger partial charge in [-0.05, 0) is 57.2 Å². The highest BCUT2D eigenvalue weighted by Crippen LogP contribution is 2.30. The number of carbonyl (C=O) groups is 5. The van der Waals surface area contributed by atoms with Gasteiger partial charge < -0.3 is 35.4 Å². The fourth-order valence-electron chi connectivity index (χ4n) is 7.96. The van der Waals surface area contributed by atoms with E-state index in [1.54, 1.807) is 26.0 Å². The molecule has 1 aromatic carbocycles. The van der Waals surface area contributed by atoms with E-state index in [4.69, 9.17) is 9.47 Å². The molecule has 0 unspecified atom stereocenters. The number of benzene rings is 1. The molecular formula is C41H70N6O8. The molecule has 5 amide bonds. The van der Waals surface area contributed by atoms with Crippen LogP contribution in [-0.4, -0.2) is 128 Å². The van der Waals surface area contributed by atoms with Crippen LogP contribution in [0, 0.1) is 23.7 Å². The summed E-state index contributed by atoms with van der Waals surface area (Å²) in [7, 11) is 6.61. The van der Waals surface area contributed by atoms with Crippen molar-refractivity contribution in [3.8, 4) is 0 Å². The Morgan fingerprint density at radius 2 is 1.53 bits per heavy atom. The van der Waals surface area contributed by atoms with Crippen LogP contribution in [-0.2, 0) is 40.0 Å². The molecule has 14 nitrogen and oxygen atoms in total. The maximum Gasteiger partial charge on any atom is 0.245 e. The zero-order chi connectivity index (χ0) is 41.6. The van der Waals surface area contributed by atoms with Crippen LogP contribution in [0.1, 0.15) is 86.6 Å². The van der Waals surface area contributed by atoms with Gasteiger partial charge in [-0.25, -0.2) is 0 Å². The molecule has 0 aromatic heterocycles. The molecule has 14 heteroatoms. The van der Waals surface area contributed by atoms with Gasteiger partial charge in [0.25, 0.3) is 0 Å². The average molecular weight is 775 g/mol. The summed E-state index contributed by atoms with van der Waals surface area (Å²) in [6.45, 7) is 15.7. The Kier molecular flexibility index (Phi) is 19.9. The monoisotopic (exact) mass is 775 g/mol. The van der Waals surface area contributed by atoms with Crippen molar-refractivity contribution in [2.75, 3.05) is 34.9 Å². The number of nitrogens with zero attached hydrogens (tertiary/aromatic N) is 2. The molecule has 55 heavy (non-hydrogen) atoms. The summed E-state index contributed by atoms with van der Waals surface area (Å²) in [5, 5.41) is 21.6. The van der Waals surface area contributed by atoms with Gasteiger partial charge in [0.2, 0.25) is 29.5 Å². The highest BCUT2D eigenvalue weighted by molar-refractivity contribution is 6.00.